The topological polar surface area (TPSA) is 80.0 Å². The highest BCUT2D eigenvalue weighted by Crippen LogP contribution is 2.26. The van der Waals surface area contributed by atoms with Gasteiger partial charge in [-0.3, -0.25) is 9.59 Å². The van der Waals surface area contributed by atoms with Crippen LogP contribution in [0.15, 0.2) is 47.1 Å². The molecule has 23 heavy (non-hydrogen) atoms. The van der Waals surface area contributed by atoms with Gasteiger partial charge < -0.3 is 19.2 Å². The molecule has 1 saturated heterocycles. The lowest BCUT2D eigenvalue weighted by Crippen LogP contribution is -2.46. The summed E-state index contributed by atoms with van der Waals surface area (Å²) in [6.45, 7) is 0.995. The quantitative estimate of drug-likeness (QED) is 0.936. The number of morpholine rings is 1. The number of carbonyl (C=O) groups excluding carboxylic acids is 1. The lowest BCUT2D eigenvalue weighted by atomic mass is 10.1. The van der Waals surface area contributed by atoms with Crippen LogP contribution < -0.4 is 0 Å². The van der Waals surface area contributed by atoms with E-state index in [1.807, 2.05) is 30.3 Å². The first kappa shape index (κ1) is 15.3. The molecule has 1 atom stereocenters. The average molecular weight is 315 g/mol. The van der Waals surface area contributed by atoms with Gasteiger partial charge in [0.1, 0.15) is 0 Å². The maximum Gasteiger partial charge on any atom is 0.306 e. The van der Waals surface area contributed by atoms with Crippen molar-refractivity contribution in [2.75, 3.05) is 19.7 Å². The van der Waals surface area contributed by atoms with Crippen molar-refractivity contribution in [1.29, 1.82) is 0 Å². The van der Waals surface area contributed by atoms with Gasteiger partial charge in [0.05, 0.1) is 25.4 Å². The number of hydrogen-bond acceptors (Lipinski definition) is 4. The molecule has 0 spiro atoms. The molecule has 0 bridgehead atoms. The third kappa shape index (κ3) is 3.43. The van der Waals surface area contributed by atoms with Gasteiger partial charge in [0.2, 0.25) is 0 Å². The SMILES string of the molecule is O=C(O)CC1CN(C(=O)c2occc2-c2ccccc2)CCO1. The van der Waals surface area contributed by atoms with Crippen LogP contribution in [0.4, 0.5) is 0 Å². The van der Waals surface area contributed by atoms with Crippen LogP contribution in [0.1, 0.15) is 17.0 Å². The zero-order valence-electron chi connectivity index (χ0n) is 12.5. The van der Waals surface area contributed by atoms with Crippen LogP contribution >= 0.6 is 0 Å². The van der Waals surface area contributed by atoms with Crippen LogP contribution in [0.3, 0.4) is 0 Å². The van der Waals surface area contributed by atoms with Crippen LogP contribution in [0.25, 0.3) is 11.1 Å². The van der Waals surface area contributed by atoms with Gasteiger partial charge >= 0.3 is 5.97 Å². The van der Waals surface area contributed by atoms with Gasteiger partial charge in [-0.2, -0.15) is 0 Å². The van der Waals surface area contributed by atoms with E-state index in [0.717, 1.165) is 11.1 Å². The largest absolute Gasteiger partial charge is 0.481 e. The Labute approximate surface area is 133 Å². The summed E-state index contributed by atoms with van der Waals surface area (Å²) >= 11 is 0. The molecule has 1 aliphatic heterocycles. The Bertz CT molecular complexity index is 694. The molecule has 1 aromatic carbocycles. The monoisotopic (exact) mass is 315 g/mol. The van der Waals surface area contributed by atoms with Gasteiger partial charge in [0.15, 0.2) is 5.76 Å². The second kappa shape index (κ2) is 6.66. The fourth-order valence-corrected chi connectivity index (χ4v) is 2.69. The molecule has 1 aromatic heterocycles. The number of rotatable bonds is 4. The molecule has 0 radical (unpaired) electrons. The Morgan fingerprint density at radius 3 is 2.74 bits per heavy atom. The van der Waals surface area contributed by atoms with E-state index >= 15 is 0 Å². The maximum atomic E-state index is 12.7. The molecule has 1 amide bonds. The van der Waals surface area contributed by atoms with Crippen LogP contribution in [-0.2, 0) is 9.53 Å². The molecule has 1 N–H and O–H groups in total. The van der Waals surface area contributed by atoms with Crippen molar-refractivity contribution >= 4 is 11.9 Å². The van der Waals surface area contributed by atoms with E-state index in [2.05, 4.69) is 0 Å². The normalized spacial score (nSPS) is 17.9. The summed E-state index contributed by atoms with van der Waals surface area (Å²) in [6, 6.07) is 11.3. The highest BCUT2D eigenvalue weighted by atomic mass is 16.5. The van der Waals surface area contributed by atoms with E-state index in [-0.39, 0.29) is 24.6 Å². The number of carbonyl (C=O) groups is 2. The van der Waals surface area contributed by atoms with Crippen molar-refractivity contribution in [3.05, 3.63) is 48.4 Å². The molecule has 2 aromatic rings. The number of carboxylic acid groups (broad SMARTS) is 1. The third-order valence-corrected chi connectivity index (χ3v) is 3.77. The predicted octanol–water partition coefficient (Wildman–Crippen LogP) is 2.26. The number of nitrogens with zero attached hydrogens (tertiary/aromatic N) is 1. The fraction of sp³-hybridized carbons (Fsp3) is 0.294. The summed E-state index contributed by atoms with van der Waals surface area (Å²) in [4.78, 5) is 25.1. The smallest absolute Gasteiger partial charge is 0.306 e. The van der Waals surface area contributed by atoms with Gasteiger partial charge in [-0.25, -0.2) is 0 Å². The summed E-state index contributed by atoms with van der Waals surface area (Å²) in [7, 11) is 0. The van der Waals surface area contributed by atoms with Gasteiger partial charge in [-0.15, -0.1) is 0 Å². The first-order valence-corrected chi connectivity index (χ1v) is 7.40. The van der Waals surface area contributed by atoms with Crippen LogP contribution in [0.5, 0.6) is 0 Å². The molecule has 0 aliphatic carbocycles. The van der Waals surface area contributed by atoms with Crippen molar-refractivity contribution in [3.63, 3.8) is 0 Å². The highest BCUT2D eigenvalue weighted by molar-refractivity contribution is 5.98. The number of benzene rings is 1. The summed E-state index contributed by atoms with van der Waals surface area (Å²) in [5.41, 5.74) is 1.64. The molecular formula is C17H17NO5. The number of hydrogen-bond donors (Lipinski definition) is 1. The number of amides is 1. The molecule has 1 unspecified atom stereocenters. The number of ether oxygens (including phenoxy) is 1. The van der Waals surface area contributed by atoms with Gasteiger partial charge in [-0.1, -0.05) is 30.3 Å². The van der Waals surface area contributed by atoms with Crippen molar-refractivity contribution in [2.45, 2.75) is 12.5 Å². The second-order valence-corrected chi connectivity index (χ2v) is 5.37. The Morgan fingerprint density at radius 2 is 2.00 bits per heavy atom. The molecule has 6 nitrogen and oxygen atoms in total. The van der Waals surface area contributed by atoms with E-state index in [9.17, 15) is 9.59 Å². The van der Waals surface area contributed by atoms with Crippen LogP contribution in [0, 0.1) is 0 Å². The fourth-order valence-electron chi connectivity index (χ4n) is 2.69. The van der Waals surface area contributed by atoms with Crippen LogP contribution in [0.2, 0.25) is 0 Å². The number of aliphatic carboxylic acids is 1. The van der Waals surface area contributed by atoms with Crippen molar-refractivity contribution in [2.24, 2.45) is 0 Å². The third-order valence-electron chi connectivity index (χ3n) is 3.77. The lowest BCUT2D eigenvalue weighted by Gasteiger charge is -2.31. The number of furan rings is 1. The molecule has 1 fully saturated rings. The minimum atomic E-state index is -0.938. The van der Waals surface area contributed by atoms with Gasteiger partial charge in [0.25, 0.3) is 5.91 Å². The molecule has 2 heterocycles. The number of carboxylic acids is 1. The van der Waals surface area contributed by atoms with E-state index in [0.29, 0.717) is 13.2 Å². The average Bonchev–Trinajstić information content (AvgIpc) is 3.04. The Balaban J connectivity index is 1.79. The molecule has 0 saturated carbocycles. The summed E-state index contributed by atoms with van der Waals surface area (Å²) in [6.07, 6.45) is 0.887. The van der Waals surface area contributed by atoms with Crippen molar-refractivity contribution < 1.29 is 23.8 Å². The van der Waals surface area contributed by atoms with Gasteiger partial charge in [0, 0.05) is 18.7 Å². The first-order valence-electron chi connectivity index (χ1n) is 7.40. The van der Waals surface area contributed by atoms with Crippen molar-refractivity contribution in [3.8, 4) is 11.1 Å². The van der Waals surface area contributed by atoms with E-state index < -0.39 is 12.1 Å². The van der Waals surface area contributed by atoms with E-state index in [1.165, 1.54) is 6.26 Å². The first-order chi connectivity index (χ1) is 11.1. The predicted molar refractivity (Wildman–Crippen MR) is 82.0 cm³/mol. The van der Waals surface area contributed by atoms with Crippen molar-refractivity contribution in [1.82, 2.24) is 4.90 Å². The van der Waals surface area contributed by atoms with E-state index in [1.54, 1.807) is 11.0 Å². The lowest BCUT2D eigenvalue weighted by molar-refractivity contribution is -0.141. The Morgan fingerprint density at radius 1 is 1.22 bits per heavy atom. The minimum absolute atomic E-state index is 0.118. The van der Waals surface area contributed by atoms with E-state index in [4.69, 9.17) is 14.3 Å². The zero-order valence-corrected chi connectivity index (χ0v) is 12.5. The second-order valence-electron chi connectivity index (χ2n) is 5.37. The summed E-state index contributed by atoms with van der Waals surface area (Å²) < 4.78 is 10.8. The molecule has 1 aliphatic rings. The molecule has 6 heteroatoms. The Hall–Kier alpha value is -2.60. The molecule has 120 valence electrons. The van der Waals surface area contributed by atoms with Gasteiger partial charge in [-0.05, 0) is 11.6 Å². The zero-order chi connectivity index (χ0) is 16.2. The maximum absolute atomic E-state index is 12.7. The Kier molecular flexibility index (Phi) is 4.43. The van der Waals surface area contributed by atoms with Crippen LogP contribution in [-0.4, -0.2) is 47.7 Å². The standard InChI is InChI=1S/C17H17NO5/c19-15(20)10-13-11-18(7-9-22-13)17(21)16-14(6-8-23-16)12-4-2-1-3-5-12/h1-6,8,13H,7,9-11H2,(H,19,20). The summed E-state index contributed by atoms with van der Waals surface area (Å²) in [5.74, 6) is -0.910. The molecular weight excluding hydrogens is 298 g/mol. The highest BCUT2D eigenvalue weighted by Gasteiger charge is 2.29. The summed E-state index contributed by atoms with van der Waals surface area (Å²) in [5, 5.41) is 8.87. The molecule has 3 rings (SSSR count). The minimum Gasteiger partial charge on any atom is -0.481 e.